The quantitative estimate of drug-likeness (QED) is 0.409. The van der Waals surface area contributed by atoms with Crippen molar-refractivity contribution in [3.05, 3.63) is 70.7 Å². The molecular weight excluding hydrogens is 412 g/mol. The van der Waals surface area contributed by atoms with Crippen molar-refractivity contribution in [2.75, 3.05) is 52.5 Å². The van der Waals surface area contributed by atoms with Gasteiger partial charge in [-0.3, -0.25) is 9.89 Å². The Hall–Kier alpha value is -2.12. The number of halogens is 1. The Morgan fingerprint density at radius 2 is 1.84 bits per heavy atom. The maximum atomic E-state index is 9.84. The van der Waals surface area contributed by atoms with E-state index in [1.807, 2.05) is 55.5 Å². The van der Waals surface area contributed by atoms with E-state index in [4.69, 9.17) is 21.3 Å². The van der Waals surface area contributed by atoms with E-state index in [0.717, 1.165) is 49.4 Å². The average Bonchev–Trinajstić information content (AvgIpc) is 2.81. The molecule has 1 aliphatic rings. The summed E-state index contributed by atoms with van der Waals surface area (Å²) in [6.45, 7) is 7.32. The van der Waals surface area contributed by atoms with Gasteiger partial charge in [0.2, 0.25) is 0 Å². The number of rotatable bonds is 9. The fourth-order valence-electron chi connectivity index (χ4n) is 3.79. The number of aliphatic imine (C=N–C) groups is 1. The van der Waals surface area contributed by atoms with Crippen LogP contribution in [0.25, 0.3) is 0 Å². The third-order valence-electron chi connectivity index (χ3n) is 5.49. The molecule has 1 heterocycles. The molecule has 7 heteroatoms. The highest BCUT2D eigenvalue weighted by Crippen LogP contribution is 2.24. The first-order valence-corrected chi connectivity index (χ1v) is 11.3. The van der Waals surface area contributed by atoms with Crippen molar-refractivity contribution >= 4 is 17.6 Å². The van der Waals surface area contributed by atoms with Crippen molar-refractivity contribution in [3.8, 4) is 0 Å². The van der Waals surface area contributed by atoms with Crippen molar-refractivity contribution in [3.63, 3.8) is 0 Å². The fraction of sp³-hybridized carbons (Fsp3) is 0.458. The molecule has 0 bridgehead atoms. The van der Waals surface area contributed by atoms with Crippen LogP contribution in [0.3, 0.4) is 0 Å². The van der Waals surface area contributed by atoms with E-state index >= 15 is 0 Å². The van der Waals surface area contributed by atoms with Gasteiger partial charge in [0.05, 0.1) is 32.4 Å². The van der Waals surface area contributed by atoms with Crippen molar-refractivity contribution in [2.24, 2.45) is 4.99 Å². The largest absolute Gasteiger partial charge is 0.396 e. The number of ether oxygens (including phenoxy) is 1. The number of nitrogens with one attached hydrogen (secondary N) is 2. The lowest BCUT2D eigenvalue weighted by atomic mass is 10.0. The molecule has 2 atom stereocenters. The molecule has 1 fully saturated rings. The van der Waals surface area contributed by atoms with Crippen LogP contribution in [0.4, 0.5) is 0 Å². The zero-order valence-electron chi connectivity index (χ0n) is 18.1. The van der Waals surface area contributed by atoms with Gasteiger partial charge in [-0.2, -0.15) is 0 Å². The van der Waals surface area contributed by atoms with E-state index in [-0.39, 0.29) is 18.6 Å². The van der Waals surface area contributed by atoms with Gasteiger partial charge in [0, 0.05) is 37.1 Å². The smallest absolute Gasteiger partial charge is 0.191 e. The Balaban J connectivity index is 1.71. The predicted molar refractivity (Wildman–Crippen MR) is 127 cm³/mol. The van der Waals surface area contributed by atoms with Crippen LogP contribution in [0.2, 0.25) is 5.02 Å². The average molecular weight is 445 g/mol. The summed E-state index contributed by atoms with van der Waals surface area (Å²) in [7, 11) is 0. The minimum Gasteiger partial charge on any atom is -0.396 e. The fourth-order valence-corrected chi connectivity index (χ4v) is 3.99. The van der Waals surface area contributed by atoms with Crippen LogP contribution in [-0.4, -0.2) is 68.5 Å². The Morgan fingerprint density at radius 1 is 1.10 bits per heavy atom. The number of morpholine rings is 1. The Bertz CT molecular complexity index is 812. The predicted octanol–water partition coefficient (Wildman–Crippen LogP) is 3.04. The molecule has 6 nitrogen and oxygen atoms in total. The van der Waals surface area contributed by atoms with Gasteiger partial charge in [-0.05, 0) is 30.2 Å². The lowest BCUT2D eigenvalue weighted by Gasteiger charge is -2.35. The normalized spacial score (nSPS) is 17.2. The van der Waals surface area contributed by atoms with Crippen molar-refractivity contribution in [1.82, 2.24) is 15.5 Å². The van der Waals surface area contributed by atoms with Crippen LogP contribution in [0, 0.1) is 0 Å². The second-order valence-electron chi connectivity index (χ2n) is 7.61. The molecule has 1 saturated heterocycles. The van der Waals surface area contributed by atoms with Gasteiger partial charge in [-0.25, -0.2) is 0 Å². The standard InChI is InChI=1S/C24H33ClN4O2/c1-2-26-24(27-16-21(18-30)19-7-4-3-5-8-19)28-17-23(29-11-13-31-14-12-29)20-9-6-10-22(25)15-20/h3-10,15,21,23,30H,2,11-14,16-18H2,1H3,(H2,26,27,28). The summed E-state index contributed by atoms with van der Waals surface area (Å²) < 4.78 is 5.55. The van der Waals surface area contributed by atoms with Gasteiger partial charge >= 0.3 is 0 Å². The lowest BCUT2D eigenvalue weighted by Crippen LogP contribution is -2.46. The number of nitrogens with zero attached hydrogens (tertiary/aromatic N) is 2. The Labute approximate surface area is 190 Å². The van der Waals surface area contributed by atoms with Crippen molar-refractivity contribution < 1.29 is 9.84 Å². The molecule has 3 N–H and O–H groups in total. The van der Waals surface area contributed by atoms with Gasteiger partial charge in [0.15, 0.2) is 5.96 Å². The van der Waals surface area contributed by atoms with Gasteiger partial charge < -0.3 is 20.5 Å². The highest BCUT2D eigenvalue weighted by Gasteiger charge is 2.23. The van der Waals surface area contributed by atoms with Gasteiger partial charge in [0.25, 0.3) is 0 Å². The third-order valence-corrected chi connectivity index (χ3v) is 5.72. The summed E-state index contributed by atoms with van der Waals surface area (Å²) in [5.74, 6) is 0.719. The van der Waals surface area contributed by atoms with Gasteiger partial charge in [0.1, 0.15) is 0 Å². The van der Waals surface area contributed by atoms with Crippen LogP contribution in [-0.2, 0) is 4.74 Å². The molecular formula is C24H33ClN4O2. The topological polar surface area (TPSA) is 69.1 Å². The summed E-state index contributed by atoms with van der Waals surface area (Å²) in [5, 5.41) is 17.4. The summed E-state index contributed by atoms with van der Waals surface area (Å²) in [6, 6.07) is 18.2. The number of aliphatic hydroxyl groups excluding tert-OH is 1. The highest BCUT2D eigenvalue weighted by atomic mass is 35.5. The number of guanidine groups is 1. The van der Waals surface area contributed by atoms with E-state index in [2.05, 4.69) is 21.6 Å². The summed E-state index contributed by atoms with van der Waals surface area (Å²) >= 11 is 6.28. The molecule has 0 spiro atoms. The van der Waals surface area contributed by atoms with Crippen LogP contribution in [0.5, 0.6) is 0 Å². The first kappa shape index (κ1) is 23.5. The van der Waals surface area contributed by atoms with E-state index in [1.54, 1.807) is 0 Å². The zero-order valence-corrected chi connectivity index (χ0v) is 18.9. The lowest BCUT2D eigenvalue weighted by molar-refractivity contribution is 0.0170. The third kappa shape index (κ3) is 7.21. The van der Waals surface area contributed by atoms with Gasteiger partial charge in [-0.1, -0.05) is 54.1 Å². The van der Waals surface area contributed by atoms with E-state index in [0.29, 0.717) is 13.1 Å². The molecule has 0 aromatic heterocycles. The molecule has 168 valence electrons. The minimum atomic E-state index is -0.0281. The molecule has 0 radical (unpaired) electrons. The molecule has 2 unspecified atom stereocenters. The number of aliphatic hydroxyl groups is 1. The van der Waals surface area contributed by atoms with Crippen LogP contribution >= 0.6 is 11.6 Å². The monoisotopic (exact) mass is 444 g/mol. The molecule has 0 amide bonds. The number of hydrogen-bond acceptors (Lipinski definition) is 4. The number of benzene rings is 2. The maximum absolute atomic E-state index is 9.84. The summed E-state index contributed by atoms with van der Waals surface area (Å²) in [5.41, 5.74) is 2.27. The summed E-state index contributed by atoms with van der Waals surface area (Å²) in [6.07, 6.45) is 0. The maximum Gasteiger partial charge on any atom is 0.191 e. The Kier molecular flexibility index (Phi) is 9.62. The highest BCUT2D eigenvalue weighted by molar-refractivity contribution is 6.30. The molecule has 31 heavy (non-hydrogen) atoms. The molecule has 3 rings (SSSR count). The van der Waals surface area contributed by atoms with E-state index in [9.17, 15) is 5.11 Å². The molecule has 2 aromatic rings. The minimum absolute atomic E-state index is 0.0281. The van der Waals surface area contributed by atoms with Crippen molar-refractivity contribution in [1.29, 1.82) is 0 Å². The van der Waals surface area contributed by atoms with Crippen LogP contribution in [0.1, 0.15) is 30.0 Å². The molecule has 0 saturated carbocycles. The number of hydrogen-bond donors (Lipinski definition) is 3. The second-order valence-corrected chi connectivity index (χ2v) is 8.05. The van der Waals surface area contributed by atoms with E-state index in [1.165, 1.54) is 5.56 Å². The molecule has 2 aromatic carbocycles. The van der Waals surface area contributed by atoms with Crippen LogP contribution < -0.4 is 10.6 Å². The Morgan fingerprint density at radius 3 is 2.52 bits per heavy atom. The second kappa shape index (κ2) is 12.7. The molecule has 0 aliphatic carbocycles. The first-order chi connectivity index (χ1) is 15.2. The van der Waals surface area contributed by atoms with Crippen LogP contribution in [0.15, 0.2) is 59.6 Å². The van der Waals surface area contributed by atoms with Gasteiger partial charge in [-0.15, -0.1) is 0 Å². The SMILES string of the molecule is CCNC(=NCC(CO)c1ccccc1)NCC(c1cccc(Cl)c1)N1CCOCC1. The summed E-state index contributed by atoms with van der Waals surface area (Å²) in [4.78, 5) is 7.18. The zero-order chi connectivity index (χ0) is 21.9. The van der Waals surface area contributed by atoms with E-state index < -0.39 is 0 Å². The molecule has 1 aliphatic heterocycles. The first-order valence-electron chi connectivity index (χ1n) is 11.0. The van der Waals surface area contributed by atoms with Crippen molar-refractivity contribution in [2.45, 2.75) is 18.9 Å².